The van der Waals surface area contributed by atoms with Gasteiger partial charge in [0.15, 0.2) is 17.0 Å². The third-order valence-corrected chi connectivity index (χ3v) is 5.40. The summed E-state index contributed by atoms with van der Waals surface area (Å²) in [6.07, 6.45) is 5.66. The average Bonchev–Trinajstić information content (AvgIpc) is 3.13. The summed E-state index contributed by atoms with van der Waals surface area (Å²) in [5, 5.41) is 16.6. The summed E-state index contributed by atoms with van der Waals surface area (Å²) in [7, 11) is 0. The van der Waals surface area contributed by atoms with Gasteiger partial charge in [0.05, 0.1) is 6.33 Å². The van der Waals surface area contributed by atoms with E-state index in [1.807, 2.05) is 11.5 Å². The average molecular weight is 399 g/mol. The van der Waals surface area contributed by atoms with Crippen LogP contribution in [0.5, 0.6) is 5.75 Å². The van der Waals surface area contributed by atoms with Crippen LogP contribution in [0, 0.1) is 5.82 Å². The van der Waals surface area contributed by atoms with Crippen molar-refractivity contribution >= 4 is 22.9 Å². The van der Waals surface area contributed by atoms with E-state index < -0.39 is 5.82 Å². The molecule has 0 bridgehead atoms. The van der Waals surface area contributed by atoms with Gasteiger partial charge in [-0.2, -0.15) is 9.97 Å². The Morgan fingerprint density at radius 3 is 2.79 bits per heavy atom. The first-order valence-electron chi connectivity index (χ1n) is 9.99. The number of nitrogens with two attached hydrogens (primary N) is 1. The van der Waals surface area contributed by atoms with Crippen LogP contribution in [0.2, 0.25) is 0 Å². The van der Waals surface area contributed by atoms with Gasteiger partial charge in [0.1, 0.15) is 11.6 Å². The molecule has 154 valence electrons. The molecular formula is C20H26FN7O. The lowest BCUT2D eigenvalue weighted by atomic mass is 9.92. The zero-order valence-electron chi connectivity index (χ0n) is 16.4. The minimum Gasteiger partial charge on any atom is -0.508 e. The summed E-state index contributed by atoms with van der Waals surface area (Å²) in [4.78, 5) is 13.7. The number of phenolic OH excluding ortho intramolecular Hbond substituents is 1. The predicted octanol–water partition coefficient (Wildman–Crippen LogP) is 2.98. The fourth-order valence-corrected chi connectivity index (χ4v) is 3.68. The smallest absolute Gasteiger partial charge is 0.227 e. The second-order valence-corrected chi connectivity index (χ2v) is 7.48. The normalized spacial score (nSPS) is 19.4. The predicted molar refractivity (Wildman–Crippen MR) is 110 cm³/mol. The van der Waals surface area contributed by atoms with Crippen molar-refractivity contribution in [3.8, 4) is 5.75 Å². The molecule has 8 nitrogen and oxygen atoms in total. The number of anilines is 2. The minimum atomic E-state index is -0.402. The van der Waals surface area contributed by atoms with Gasteiger partial charge in [-0.3, -0.25) is 0 Å². The summed E-state index contributed by atoms with van der Waals surface area (Å²) >= 11 is 0. The molecule has 2 heterocycles. The lowest BCUT2D eigenvalue weighted by Gasteiger charge is -2.26. The lowest BCUT2D eigenvalue weighted by molar-refractivity contribution is 0.410. The molecule has 1 fully saturated rings. The highest BCUT2D eigenvalue weighted by atomic mass is 19.1. The van der Waals surface area contributed by atoms with E-state index in [9.17, 15) is 9.50 Å². The van der Waals surface area contributed by atoms with Crippen LogP contribution in [-0.4, -0.2) is 36.7 Å². The van der Waals surface area contributed by atoms with E-state index in [4.69, 9.17) is 5.73 Å². The fourth-order valence-electron chi connectivity index (χ4n) is 3.68. The first-order valence-corrected chi connectivity index (χ1v) is 9.99. The molecule has 0 atom stereocenters. The summed E-state index contributed by atoms with van der Waals surface area (Å²) in [6, 6.07) is 4.42. The van der Waals surface area contributed by atoms with Crippen LogP contribution in [-0.2, 0) is 13.1 Å². The van der Waals surface area contributed by atoms with Gasteiger partial charge in [0.25, 0.3) is 0 Å². The van der Waals surface area contributed by atoms with Crippen LogP contribution in [0.4, 0.5) is 16.2 Å². The first kappa shape index (κ1) is 19.4. The molecular weight excluding hydrogens is 373 g/mol. The summed E-state index contributed by atoms with van der Waals surface area (Å²) in [5.41, 5.74) is 7.81. The number of halogens is 1. The van der Waals surface area contributed by atoms with Crippen molar-refractivity contribution in [3.05, 3.63) is 35.9 Å². The molecule has 0 saturated heterocycles. The molecule has 0 amide bonds. The van der Waals surface area contributed by atoms with Crippen LogP contribution < -0.4 is 16.4 Å². The Hall–Kier alpha value is -2.94. The summed E-state index contributed by atoms with van der Waals surface area (Å²) in [6.45, 7) is 2.97. The zero-order chi connectivity index (χ0) is 20.4. The van der Waals surface area contributed by atoms with Crippen LogP contribution in [0.1, 0.15) is 38.2 Å². The van der Waals surface area contributed by atoms with E-state index in [2.05, 4.69) is 25.6 Å². The lowest BCUT2D eigenvalue weighted by Crippen LogP contribution is -2.33. The molecule has 9 heteroatoms. The topological polar surface area (TPSA) is 114 Å². The van der Waals surface area contributed by atoms with E-state index in [1.54, 1.807) is 6.33 Å². The maximum Gasteiger partial charge on any atom is 0.227 e. The third-order valence-electron chi connectivity index (χ3n) is 5.40. The van der Waals surface area contributed by atoms with Gasteiger partial charge in [-0.1, -0.05) is 0 Å². The number of phenols is 1. The number of fused-ring (bicyclic) bond motifs is 1. The molecule has 1 saturated carbocycles. The number of benzene rings is 1. The van der Waals surface area contributed by atoms with Gasteiger partial charge >= 0.3 is 0 Å². The number of hydrogen-bond acceptors (Lipinski definition) is 7. The van der Waals surface area contributed by atoms with Crippen LogP contribution in [0.15, 0.2) is 24.5 Å². The number of aromatic hydroxyl groups is 1. The van der Waals surface area contributed by atoms with Gasteiger partial charge in [0, 0.05) is 30.7 Å². The van der Waals surface area contributed by atoms with Crippen molar-refractivity contribution < 1.29 is 9.50 Å². The Morgan fingerprint density at radius 2 is 2.03 bits per heavy atom. The van der Waals surface area contributed by atoms with Crippen molar-refractivity contribution in [2.45, 2.75) is 57.8 Å². The van der Waals surface area contributed by atoms with E-state index in [0.29, 0.717) is 22.8 Å². The quantitative estimate of drug-likeness (QED) is 0.504. The maximum atomic E-state index is 13.5. The van der Waals surface area contributed by atoms with Crippen molar-refractivity contribution in [2.75, 3.05) is 10.6 Å². The first-order chi connectivity index (χ1) is 14.0. The third kappa shape index (κ3) is 4.24. The highest BCUT2D eigenvalue weighted by Gasteiger charge is 2.20. The fraction of sp³-hybridized carbons (Fsp3) is 0.450. The van der Waals surface area contributed by atoms with Gasteiger partial charge in [-0.05, 0) is 50.8 Å². The molecule has 5 N–H and O–H groups in total. The zero-order valence-corrected chi connectivity index (χ0v) is 16.4. The van der Waals surface area contributed by atoms with E-state index in [-0.39, 0.29) is 24.4 Å². The Balaban J connectivity index is 1.61. The number of aromatic nitrogens is 4. The number of hydrogen-bond donors (Lipinski definition) is 4. The van der Waals surface area contributed by atoms with Crippen molar-refractivity contribution in [2.24, 2.45) is 5.73 Å². The van der Waals surface area contributed by atoms with Gasteiger partial charge in [0.2, 0.25) is 5.95 Å². The molecule has 0 aliphatic heterocycles. The second-order valence-electron chi connectivity index (χ2n) is 7.48. The molecule has 1 aliphatic rings. The van der Waals surface area contributed by atoms with Crippen molar-refractivity contribution in [1.82, 2.24) is 19.5 Å². The molecule has 0 unspecified atom stereocenters. The van der Waals surface area contributed by atoms with Crippen LogP contribution >= 0.6 is 0 Å². The maximum absolute atomic E-state index is 13.5. The monoisotopic (exact) mass is 399 g/mol. The number of imidazole rings is 1. The second kappa shape index (κ2) is 8.20. The highest BCUT2D eigenvalue weighted by Crippen LogP contribution is 2.26. The molecule has 0 spiro atoms. The molecule has 29 heavy (non-hydrogen) atoms. The summed E-state index contributed by atoms with van der Waals surface area (Å²) < 4.78 is 15.5. The standard InChI is InChI=1S/C20H26FN7O/c1-2-28-11-24-17-18(23-10-12-9-13(21)3-8-16(12)29)26-20(27-19(17)28)25-15-6-4-14(22)5-7-15/h3,8-9,11,14-15,29H,2,4-7,10,22H2,1H3,(H2,23,25,26,27). The van der Waals surface area contributed by atoms with E-state index in [0.717, 1.165) is 37.9 Å². The molecule has 4 rings (SSSR count). The molecule has 0 radical (unpaired) electrons. The SMILES string of the molecule is CCn1cnc2c(NCc3cc(F)ccc3O)nc(NC3CCC(N)CC3)nc21. The van der Waals surface area contributed by atoms with Crippen LogP contribution in [0.3, 0.4) is 0 Å². The molecule has 1 aromatic carbocycles. The van der Waals surface area contributed by atoms with E-state index >= 15 is 0 Å². The number of rotatable bonds is 6. The van der Waals surface area contributed by atoms with Crippen LogP contribution in [0.25, 0.3) is 11.2 Å². The Morgan fingerprint density at radius 1 is 1.24 bits per heavy atom. The van der Waals surface area contributed by atoms with E-state index in [1.165, 1.54) is 18.2 Å². The highest BCUT2D eigenvalue weighted by molar-refractivity contribution is 5.84. The van der Waals surface area contributed by atoms with Gasteiger partial charge in [-0.25, -0.2) is 9.37 Å². The Labute approximate surface area is 168 Å². The molecule has 3 aromatic rings. The number of nitrogens with zero attached hydrogens (tertiary/aromatic N) is 4. The summed E-state index contributed by atoms with van der Waals surface area (Å²) in [5.74, 6) is 0.695. The Kier molecular flexibility index (Phi) is 5.48. The molecule has 1 aliphatic carbocycles. The van der Waals surface area contributed by atoms with Gasteiger partial charge in [-0.15, -0.1) is 0 Å². The van der Waals surface area contributed by atoms with Crippen molar-refractivity contribution in [1.29, 1.82) is 0 Å². The van der Waals surface area contributed by atoms with Crippen molar-refractivity contribution in [3.63, 3.8) is 0 Å². The van der Waals surface area contributed by atoms with Gasteiger partial charge < -0.3 is 26.0 Å². The number of nitrogens with one attached hydrogen (secondary N) is 2. The largest absolute Gasteiger partial charge is 0.508 e. The Bertz CT molecular complexity index is 998. The number of aryl methyl sites for hydroxylation is 1. The molecule has 2 aromatic heterocycles. The minimum absolute atomic E-state index is 0.0279.